The highest BCUT2D eigenvalue weighted by atomic mass is 35.5. The highest BCUT2D eigenvalue weighted by Crippen LogP contribution is 2.33. The summed E-state index contributed by atoms with van der Waals surface area (Å²) in [4.78, 5) is 28.9. The van der Waals surface area contributed by atoms with E-state index < -0.39 is 0 Å². The summed E-state index contributed by atoms with van der Waals surface area (Å²) in [5.41, 5.74) is 3.29. The zero-order chi connectivity index (χ0) is 25.3. The fourth-order valence-corrected chi connectivity index (χ4v) is 4.90. The van der Waals surface area contributed by atoms with E-state index in [1.807, 2.05) is 104 Å². The third kappa shape index (κ3) is 6.78. The van der Waals surface area contributed by atoms with Crippen LogP contribution >= 0.6 is 23.4 Å². The van der Waals surface area contributed by atoms with Crippen LogP contribution in [-0.4, -0.2) is 17.1 Å². The van der Waals surface area contributed by atoms with Gasteiger partial charge in [0.15, 0.2) is 0 Å². The fraction of sp³-hybridized carbons (Fsp3) is 0.133. The van der Waals surface area contributed by atoms with Crippen LogP contribution in [0.5, 0.6) is 0 Å². The van der Waals surface area contributed by atoms with Crippen LogP contribution in [0.1, 0.15) is 18.9 Å². The molecule has 0 aromatic heterocycles. The lowest BCUT2D eigenvalue weighted by atomic mass is 10.1. The largest absolute Gasteiger partial charge is 0.326 e. The van der Waals surface area contributed by atoms with E-state index in [2.05, 4.69) is 5.32 Å². The number of carbonyl (C=O) groups excluding carboxylic acids is 2. The Hall–Kier alpha value is -3.54. The summed E-state index contributed by atoms with van der Waals surface area (Å²) < 4.78 is 0. The number of anilines is 3. The number of nitrogens with one attached hydrogen (secondary N) is 1. The average Bonchev–Trinajstić information content (AvgIpc) is 2.91. The van der Waals surface area contributed by atoms with Gasteiger partial charge in [-0.15, -0.1) is 11.8 Å². The first-order chi connectivity index (χ1) is 17.5. The van der Waals surface area contributed by atoms with Crippen molar-refractivity contribution in [3.8, 4) is 0 Å². The molecule has 0 aliphatic heterocycles. The summed E-state index contributed by atoms with van der Waals surface area (Å²) in [6.07, 6.45) is 0.953. The van der Waals surface area contributed by atoms with Gasteiger partial charge in [0.2, 0.25) is 11.8 Å². The second-order valence-electron chi connectivity index (χ2n) is 8.24. The molecule has 6 heteroatoms. The van der Waals surface area contributed by atoms with Gasteiger partial charge < -0.3 is 5.32 Å². The van der Waals surface area contributed by atoms with E-state index in [1.54, 1.807) is 17.0 Å². The van der Waals surface area contributed by atoms with E-state index >= 15 is 0 Å². The van der Waals surface area contributed by atoms with Crippen LogP contribution in [0, 0.1) is 0 Å². The summed E-state index contributed by atoms with van der Waals surface area (Å²) >= 11 is 7.44. The molecule has 4 aromatic carbocycles. The number of amides is 2. The monoisotopic (exact) mass is 514 g/mol. The molecule has 0 heterocycles. The Labute approximate surface area is 221 Å². The van der Waals surface area contributed by atoms with Crippen molar-refractivity contribution in [1.82, 2.24) is 0 Å². The molecule has 1 atom stereocenters. The van der Waals surface area contributed by atoms with Gasteiger partial charge in [-0.05, 0) is 72.6 Å². The maximum Gasteiger partial charge on any atom is 0.245 e. The summed E-state index contributed by atoms with van der Waals surface area (Å²) in [6, 6.07) is 34.3. The van der Waals surface area contributed by atoms with Crippen LogP contribution in [0.3, 0.4) is 0 Å². The molecular formula is C30H27ClN2O2S. The second-order valence-corrected chi connectivity index (χ2v) is 9.95. The van der Waals surface area contributed by atoms with Gasteiger partial charge >= 0.3 is 0 Å². The molecule has 1 unspecified atom stereocenters. The Morgan fingerprint density at radius 1 is 0.806 bits per heavy atom. The number of benzene rings is 4. The third-order valence-electron chi connectivity index (χ3n) is 5.59. The van der Waals surface area contributed by atoms with Crippen molar-refractivity contribution >= 4 is 52.2 Å². The Kier molecular flexibility index (Phi) is 8.82. The summed E-state index contributed by atoms with van der Waals surface area (Å²) in [5, 5.41) is 3.30. The Bertz CT molecular complexity index is 1240. The van der Waals surface area contributed by atoms with Crippen LogP contribution in [0.15, 0.2) is 114 Å². The van der Waals surface area contributed by atoms with Crippen molar-refractivity contribution < 1.29 is 9.59 Å². The van der Waals surface area contributed by atoms with Crippen LogP contribution in [0.2, 0.25) is 5.02 Å². The van der Waals surface area contributed by atoms with Gasteiger partial charge in [0, 0.05) is 27.0 Å². The number of hydrogen-bond donors (Lipinski definition) is 1. The van der Waals surface area contributed by atoms with Gasteiger partial charge in [-0.25, -0.2) is 0 Å². The predicted molar refractivity (Wildman–Crippen MR) is 150 cm³/mol. The first kappa shape index (κ1) is 25.5. The van der Waals surface area contributed by atoms with Crippen LogP contribution in [0.25, 0.3) is 0 Å². The molecule has 0 aliphatic carbocycles. The molecule has 0 radical (unpaired) electrons. The van der Waals surface area contributed by atoms with E-state index in [9.17, 15) is 9.59 Å². The van der Waals surface area contributed by atoms with Crippen molar-refractivity contribution in [3.05, 3.63) is 120 Å². The second kappa shape index (κ2) is 12.4. The number of carbonyl (C=O) groups is 2. The van der Waals surface area contributed by atoms with Crippen molar-refractivity contribution in [2.45, 2.75) is 29.9 Å². The molecule has 2 amide bonds. The molecule has 4 rings (SSSR count). The highest BCUT2D eigenvalue weighted by molar-refractivity contribution is 8.00. The standard InChI is InChI=1S/C30H27ClN2O2S/c1-2-28(30(35)33(25-9-5-3-6-10-25)26-11-7-4-8-12-26)36-27-19-17-24(18-20-27)32-29(34)21-22-13-15-23(31)16-14-22/h3-20,28H,2,21H2,1H3,(H,32,34). The number of halogens is 1. The summed E-state index contributed by atoms with van der Waals surface area (Å²) in [7, 11) is 0. The molecule has 0 saturated carbocycles. The first-order valence-electron chi connectivity index (χ1n) is 11.8. The van der Waals surface area contributed by atoms with Crippen molar-refractivity contribution in [2.24, 2.45) is 0 Å². The molecule has 0 bridgehead atoms. The minimum atomic E-state index is -0.268. The number of nitrogens with zero attached hydrogens (tertiary/aromatic N) is 1. The van der Waals surface area contributed by atoms with E-state index in [0.717, 1.165) is 21.8 Å². The molecule has 182 valence electrons. The van der Waals surface area contributed by atoms with E-state index in [4.69, 9.17) is 11.6 Å². The van der Waals surface area contributed by atoms with Crippen molar-refractivity contribution in [1.29, 1.82) is 0 Å². The maximum atomic E-state index is 13.7. The quantitative estimate of drug-likeness (QED) is 0.232. The predicted octanol–water partition coefficient (Wildman–Crippen LogP) is 7.76. The van der Waals surface area contributed by atoms with Gasteiger partial charge in [0.05, 0.1) is 11.7 Å². The molecular weight excluding hydrogens is 488 g/mol. The smallest absolute Gasteiger partial charge is 0.245 e. The fourth-order valence-electron chi connectivity index (χ4n) is 3.78. The van der Waals surface area contributed by atoms with Crippen LogP contribution in [0.4, 0.5) is 17.1 Å². The van der Waals surface area contributed by atoms with E-state index in [-0.39, 0.29) is 23.5 Å². The lowest BCUT2D eigenvalue weighted by Gasteiger charge is -2.27. The van der Waals surface area contributed by atoms with Gasteiger partial charge in [-0.1, -0.05) is 67.1 Å². The molecule has 1 N–H and O–H groups in total. The minimum absolute atomic E-state index is 0.0280. The van der Waals surface area contributed by atoms with Crippen LogP contribution in [-0.2, 0) is 16.0 Å². The van der Waals surface area contributed by atoms with E-state index in [0.29, 0.717) is 17.1 Å². The van der Waals surface area contributed by atoms with Gasteiger partial charge in [-0.2, -0.15) is 0 Å². The van der Waals surface area contributed by atoms with Gasteiger partial charge in [0.25, 0.3) is 0 Å². The first-order valence-corrected chi connectivity index (χ1v) is 13.0. The highest BCUT2D eigenvalue weighted by Gasteiger charge is 2.26. The van der Waals surface area contributed by atoms with Crippen LogP contribution < -0.4 is 10.2 Å². The third-order valence-corrected chi connectivity index (χ3v) is 7.21. The SMILES string of the molecule is CCC(Sc1ccc(NC(=O)Cc2ccc(Cl)cc2)cc1)C(=O)N(c1ccccc1)c1ccccc1. The topological polar surface area (TPSA) is 49.4 Å². The zero-order valence-corrected chi connectivity index (χ0v) is 21.5. The van der Waals surface area contributed by atoms with Gasteiger partial charge in [0.1, 0.15) is 0 Å². The molecule has 4 nitrogen and oxygen atoms in total. The Morgan fingerprint density at radius 3 is 1.89 bits per heavy atom. The Balaban J connectivity index is 1.44. The van der Waals surface area contributed by atoms with E-state index in [1.165, 1.54) is 11.8 Å². The Morgan fingerprint density at radius 2 is 1.36 bits per heavy atom. The maximum absolute atomic E-state index is 13.7. The molecule has 36 heavy (non-hydrogen) atoms. The summed E-state index contributed by atoms with van der Waals surface area (Å²) in [6.45, 7) is 2.02. The molecule has 0 spiro atoms. The lowest BCUT2D eigenvalue weighted by molar-refractivity contribution is -0.117. The lowest BCUT2D eigenvalue weighted by Crippen LogP contribution is -2.34. The average molecular weight is 515 g/mol. The van der Waals surface area contributed by atoms with Crippen molar-refractivity contribution in [2.75, 3.05) is 10.2 Å². The number of rotatable bonds is 9. The number of para-hydroxylation sites is 2. The number of hydrogen-bond acceptors (Lipinski definition) is 3. The minimum Gasteiger partial charge on any atom is -0.326 e. The number of thioether (sulfide) groups is 1. The van der Waals surface area contributed by atoms with Crippen molar-refractivity contribution in [3.63, 3.8) is 0 Å². The zero-order valence-electron chi connectivity index (χ0n) is 19.9. The summed E-state index contributed by atoms with van der Waals surface area (Å²) in [5.74, 6) is -0.0686. The van der Waals surface area contributed by atoms with Gasteiger partial charge in [-0.3, -0.25) is 14.5 Å². The molecule has 0 fully saturated rings. The molecule has 0 saturated heterocycles. The molecule has 0 aliphatic rings. The normalized spacial score (nSPS) is 11.5. The molecule has 4 aromatic rings.